The summed E-state index contributed by atoms with van der Waals surface area (Å²) < 4.78 is 0. The molecule has 0 aliphatic heterocycles. The Morgan fingerprint density at radius 1 is 1.36 bits per heavy atom. The van der Waals surface area contributed by atoms with Gasteiger partial charge in [0.25, 0.3) is 0 Å². The van der Waals surface area contributed by atoms with Gasteiger partial charge in [0, 0.05) is 25.0 Å². The molecule has 0 saturated carbocycles. The molecule has 1 aromatic heterocycles. The Morgan fingerprint density at radius 2 is 2.07 bits per heavy atom. The van der Waals surface area contributed by atoms with E-state index in [1.807, 2.05) is 12.4 Å². The molecule has 0 spiro atoms. The number of unbranched alkanes of at least 4 members (excludes halogenated alkanes) is 1. The lowest BCUT2D eigenvalue weighted by Crippen LogP contribution is -2.25. The van der Waals surface area contributed by atoms with E-state index < -0.39 is 0 Å². The van der Waals surface area contributed by atoms with Gasteiger partial charge in [-0.3, -0.25) is 4.98 Å². The number of nitrogens with zero attached hydrogens (tertiary/aromatic N) is 1. The molecule has 1 N–H and O–H groups in total. The molecule has 0 aliphatic carbocycles. The predicted molar refractivity (Wildman–Crippen MR) is 60.1 cm³/mol. The van der Waals surface area contributed by atoms with Crippen LogP contribution in [-0.4, -0.2) is 11.0 Å². The molecule has 0 bridgehead atoms. The first-order chi connectivity index (χ1) is 6.83. The molecule has 1 atom stereocenters. The van der Waals surface area contributed by atoms with E-state index in [1.165, 1.54) is 24.8 Å². The number of hydrogen-bond donors (Lipinski definition) is 1. The summed E-state index contributed by atoms with van der Waals surface area (Å²) in [6, 6.07) is 4.72. The molecule has 14 heavy (non-hydrogen) atoms. The van der Waals surface area contributed by atoms with E-state index in [4.69, 9.17) is 0 Å². The number of aromatic nitrogens is 1. The minimum absolute atomic E-state index is 0.614. The highest BCUT2D eigenvalue weighted by Gasteiger charge is 1.99. The van der Waals surface area contributed by atoms with Gasteiger partial charge in [-0.05, 0) is 31.0 Å². The Bertz CT molecular complexity index is 233. The molecule has 0 radical (unpaired) electrons. The smallest absolute Gasteiger partial charge is 0.0271 e. The molecule has 0 aliphatic rings. The minimum atomic E-state index is 0.614. The van der Waals surface area contributed by atoms with Gasteiger partial charge in [0.1, 0.15) is 0 Å². The molecule has 0 amide bonds. The number of hydrogen-bond acceptors (Lipinski definition) is 2. The molecule has 0 saturated heterocycles. The van der Waals surface area contributed by atoms with E-state index in [0.717, 1.165) is 6.54 Å². The van der Waals surface area contributed by atoms with Crippen molar-refractivity contribution in [3.05, 3.63) is 30.1 Å². The van der Waals surface area contributed by atoms with Gasteiger partial charge in [0.2, 0.25) is 0 Å². The fourth-order valence-electron chi connectivity index (χ4n) is 1.41. The SMILES string of the molecule is CCCCC(C)NCc1ccncc1. The summed E-state index contributed by atoms with van der Waals surface area (Å²) in [5, 5.41) is 3.51. The predicted octanol–water partition coefficient (Wildman–Crippen LogP) is 2.75. The van der Waals surface area contributed by atoms with Crippen LogP contribution >= 0.6 is 0 Å². The summed E-state index contributed by atoms with van der Waals surface area (Å²) >= 11 is 0. The van der Waals surface area contributed by atoms with Crippen molar-refractivity contribution in [2.75, 3.05) is 0 Å². The summed E-state index contributed by atoms with van der Waals surface area (Å²) in [6.07, 6.45) is 7.54. The zero-order valence-corrected chi connectivity index (χ0v) is 9.16. The maximum absolute atomic E-state index is 3.99. The van der Waals surface area contributed by atoms with Crippen molar-refractivity contribution in [1.82, 2.24) is 10.3 Å². The van der Waals surface area contributed by atoms with Crippen molar-refractivity contribution in [3.63, 3.8) is 0 Å². The highest BCUT2D eigenvalue weighted by atomic mass is 14.9. The summed E-state index contributed by atoms with van der Waals surface area (Å²) in [4.78, 5) is 3.99. The first-order valence-corrected chi connectivity index (χ1v) is 5.45. The molecular formula is C12H20N2. The highest BCUT2D eigenvalue weighted by Crippen LogP contribution is 2.01. The Labute approximate surface area is 86.8 Å². The zero-order valence-electron chi connectivity index (χ0n) is 9.16. The monoisotopic (exact) mass is 192 g/mol. The average Bonchev–Trinajstić information content (AvgIpc) is 2.25. The summed E-state index contributed by atoms with van der Waals surface area (Å²) in [5.74, 6) is 0. The van der Waals surface area contributed by atoms with Crippen LogP contribution in [0.1, 0.15) is 38.7 Å². The molecule has 1 rings (SSSR count). The van der Waals surface area contributed by atoms with E-state index in [1.54, 1.807) is 0 Å². The van der Waals surface area contributed by atoms with Crippen molar-refractivity contribution >= 4 is 0 Å². The van der Waals surface area contributed by atoms with Crippen molar-refractivity contribution < 1.29 is 0 Å². The molecule has 0 aromatic carbocycles. The summed E-state index contributed by atoms with van der Waals surface area (Å²) in [5.41, 5.74) is 1.31. The Kier molecular flexibility index (Phi) is 5.23. The molecule has 1 aromatic rings. The van der Waals surface area contributed by atoms with E-state index in [0.29, 0.717) is 6.04 Å². The zero-order chi connectivity index (χ0) is 10.2. The van der Waals surface area contributed by atoms with Crippen LogP contribution in [0.5, 0.6) is 0 Å². The van der Waals surface area contributed by atoms with Gasteiger partial charge in [0.05, 0.1) is 0 Å². The van der Waals surface area contributed by atoms with Crippen molar-refractivity contribution in [2.24, 2.45) is 0 Å². The molecule has 1 unspecified atom stereocenters. The fourth-order valence-corrected chi connectivity index (χ4v) is 1.41. The average molecular weight is 192 g/mol. The second-order valence-corrected chi connectivity index (χ2v) is 3.78. The van der Waals surface area contributed by atoms with Crippen molar-refractivity contribution in [3.8, 4) is 0 Å². The van der Waals surface area contributed by atoms with Gasteiger partial charge in [-0.15, -0.1) is 0 Å². The van der Waals surface area contributed by atoms with Crippen LogP contribution in [0.2, 0.25) is 0 Å². The minimum Gasteiger partial charge on any atom is -0.310 e. The van der Waals surface area contributed by atoms with Gasteiger partial charge in [-0.1, -0.05) is 19.8 Å². The van der Waals surface area contributed by atoms with Gasteiger partial charge in [-0.2, -0.15) is 0 Å². The number of nitrogens with one attached hydrogen (secondary N) is 1. The first-order valence-electron chi connectivity index (χ1n) is 5.45. The van der Waals surface area contributed by atoms with E-state index in [-0.39, 0.29) is 0 Å². The maximum Gasteiger partial charge on any atom is 0.0271 e. The summed E-state index contributed by atoms with van der Waals surface area (Å²) in [6.45, 7) is 5.43. The second-order valence-electron chi connectivity index (χ2n) is 3.78. The normalized spacial score (nSPS) is 12.7. The summed E-state index contributed by atoms with van der Waals surface area (Å²) in [7, 11) is 0. The lowest BCUT2D eigenvalue weighted by Gasteiger charge is -2.12. The highest BCUT2D eigenvalue weighted by molar-refractivity contribution is 5.09. The van der Waals surface area contributed by atoms with Crippen LogP contribution in [0.25, 0.3) is 0 Å². The number of rotatable bonds is 6. The van der Waals surface area contributed by atoms with E-state index in [2.05, 4.69) is 36.3 Å². The van der Waals surface area contributed by atoms with Crippen LogP contribution < -0.4 is 5.32 Å². The van der Waals surface area contributed by atoms with Crippen LogP contribution in [0.3, 0.4) is 0 Å². The van der Waals surface area contributed by atoms with Crippen LogP contribution in [-0.2, 0) is 6.54 Å². The lowest BCUT2D eigenvalue weighted by molar-refractivity contribution is 0.495. The molecule has 78 valence electrons. The van der Waals surface area contributed by atoms with Crippen LogP contribution in [0, 0.1) is 0 Å². The molecule has 1 heterocycles. The quantitative estimate of drug-likeness (QED) is 0.749. The van der Waals surface area contributed by atoms with E-state index >= 15 is 0 Å². The topological polar surface area (TPSA) is 24.9 Å². The Hall–Kier alpha value is -0.890. The van der Waals surface area contributed by atoms with Crippen molar-refractivity contribution in [2.45, 2.75) is 45.7 Å². The van der Waals surface area contributed by atoms with Gasteiger partial charge >= 0.3 is 0 Å². The van der Waals surface area contributed by atoms with Gasteiger partial charge in [-0.25, -0.2) is 0 Å². The Morgan fingerprint density at radius 3 is 2.71 bits per heavy atom. The lowest BCUT2D eigenvalue weighted by atomic mass is 10.1. The maximum atomic E-state index is 3.99. The van der Waals surface area contributed by atoms with Gasteiger partial charge in [0.15, 0.2) is 0 Å². The third-order valence-electron chi connectivity index (χ3n) is 2.39. The van der Waals surface area contributed by atoms with Gasteiger partial charge < -0.3 is 5.32 Å². The standard InChI is InChI=1S/C12H20N2/c1-3-4-5-11(2)14-10-12-6-8-13-9-7-12/h6-9,11,14H,3-5,10H2,1-2H3. The fraction of sp³-hybridized carbons (Fsp3) is 0.583. The van der Waals surface area contributed by atoms with Crippen molar-refractivity contribution in [1.29, 1.82) is 0 Å². The second kappa shape index (κ2) is 6.55. The largest absolute Gasteiger partial charge is 0.310 e. The van der Waals surface area contributed by atoms with E-state index in [9.17, 15) is 0 Å². The number of pyridine rings is 1. The molecule has 2 heteroatoms. The first kappa shape index (κ1) is 11.2. The third-order valence-corrected chi connectivity index (χ3v) is 2.39. The van der Waals surface area contributed by atoms with Crippen LogP contribution in [0.4, 0.5) is 0 Å². The van der Waals surface area contributed by atoms with Crippen LogP contribution in [0.15, 0.2) is 24.5 Å². The third kappa shape index (κ3) is 4.38. The molecule has 0 fully saturated rings. The Balaban J connectivity index is 2.20. The molecular weight excluding hydrogens is 172 g/mol. The molecule has 2 nitrogen and oxygen atoms in total.